The maximum atomic E-state index is 12.6. The fraction of sp³-hybridized carbons (Fsp3) is 0.381. The number of carbonyl (C=O) groups is 1. The molecule has 2 aromatic heterocycles. The summed E-state index contributed by atoms with van der Waals surface area (Å²) in [7, 11) is 0. The number of aryl methyl sites for hydroxylation is 1. The Bertz CT molecular complexity index is 965. The second kappa shape index (κ2) is 8.49. The van der Waals surface area contributed by atoms with Crippen molar-refractivity contribution < 1.29 is 4.79 Å². The lowest BCUT2D eigenvalue weighted by atomic mass is 10.1. The van der Waals surface area contributed by atoms with Gasteiger partial charge in [0.05, 0.1) is 11.8 Å². The summed E-state index contributed by atoms with van der Waals surface area (Å²) in [4.78, 5) is 28.8. The predicted molar refractivity (Wildman–Crippen MR) is 118 cm³/mol. The molecule has 0 unspecified atom stereocenters. The van der Waals surface area contributed by atoms with Crippen molar-refractivity contribution in [1.29, 1.82) is 0 Å². The molecule has 0 atom stereocenters. The lowest BCUT2D eigenvalue weighted by molar-refractivity contribution is -0.130. The summed E-state index contributed by atoms with van der Waals surface area (Å²) in [6.45, 7) is 5.24. The third-order valence-electron chi connectivity index (χ3n) is 5.06. The largest absolute Gasteiger partial charge is 0.352 e. The first-order valence-corrected chi connectivity index (χ1v) is 11.6. The average Bonchev–Trinajstić information content (AvgIpc) is 3.17. The molecule has 1 aliphatic rings. The van der Waals surface area contributed by atoms with Crippen molar-refractivity contribution in [3.05, 3.63) is 46.8 Å². The lowest BCUT2D eigenvalue weighted by Crippen LogP contribution is -2.49. The van der Waals surface area contributed by atoms with Crippen LogP contribution in [0.1, 0.15) is 17.4 Å². The third-order valence-corrected chi connectivity index (χ3v) is 6.79. The van der Waals surface area contributed by atoms with E-state index in [1.165, 1.54) is 4.88 Å². The molecule has 0 aliphatic carbocycles. The van der Waals surface area contributed by atoms with E-state index >= 15 is 0 Å². The third kappa shape index (κ3) is 4.00. The normalized spacial score (nSPS) is 14.6. The van der Waals surface area contributed by atoms with Gasteiger partial charge in [0, 0.05) is 31.1 Å². The summed E-state index contributed by atoms with van der Waals surface area (Å²) in [5, 5.41) is 1.96. The van der Waals surface area contributed by atoms with Crippen LogP contribution in [0.4, 0.5) is 5.82 Å². The highest BCUT2D eigenvalue weighted by atomic mass is 32.2. The minimum absolute atomic E-state index is 0.201. The van der Waals surface area contributed by atoms with Gasteiger partial charge in [0.2, 0.25) is 5.91 Å². The number of aromatic nitrogens is 2. The number of amides is 1. The molecule has 0 radical (unpaired) electrons. The molecule has 7 heteroatoms. The first-order valence-electron chi connectivity index (χ1n) is 9.59. The molecule has 1 aliphatic heterocycles. The Balaban J connectivity index is 1.49. The maximum Gasteiger partial charge on any atom is 0.227 e. The SMILES string of the molecule is CCc1cc2c(N3CCN(C(=O)Cc4ccccc4)CC3)nc(SC)nc2s1. The van der Waals surface area contributed by atoms with Gasteiger partial charge in [0.1, 0.15) is 10.6 Å². The summed E-state index contributed by atoms with van der Waals surface area (Å²) >= 11 is 3.33. The molecule has 1 aromatic carbocycles. The highest BCUT2D eigenvalue weighted by Crippen LogP contribution is 2.33. The van der Waals surface area contributed by atoms with Crippen LogP contribution >= 0.6 is 23.1 Å². The van der Waals surface area contributed by atoms with Gasteiger partial charge in [-0.15, -0.1) is 11.3 Å². The van der Waals surface area contributed by atoms with Crippen LogP contribution in [0.3, 0.4) is 0 Å². The van der Waals surface area contributed by atoms with Crippen molar-refractivity contribution in [2.75, 3.05) is 37.3 Å². The summed E-state index contributed by atoms with van der Waals surface area (Å²) in [5.74, 6) is 1.22. The van der Waals surface area contributed by atoms with E-state index in [9.17, 15) is 4.79 Å². The van der Waals surface area contributed by atoms with Crippen LogP contribution in [-0.2, 0) is 17.6 Å². The van der Waals surface area contributed by atoms with Crippen LogP contribution in [0, 0.1) is 0 Å². The van der Waals surface area contributed by atoms with Gasteiger partial charge in [0.25, 0.3) is 0 Å². The molecule has 5 nitrogen and oxygen atoms in total. The Hall–Kier alpha value is -2.12. The molecular weight excluding hydrogens is 388 g/mol. The van der Waals surface area contributed by atoms with E-state index in [-0.39, 0.29) is 5.91 Å². The van der Waals surface area contributed by atoms with Gasteiger partial charge in [0.15, 0.2) is 5.16 Å². The van der Waals surface area contributed by atoms with Gasteiger partial charge in [-0.1, -0.05) is 49.0 Å². The summed E-state index contributed by atoms with van der Waals surface area (Å²) in [6, 6.07) is 12.2. The fourth-order valence-electron chi connectivity index (χ4n) is 3.49. The highest BCUT2D eigenvalue weighted by Gasteiger charge is 2.24. The molecule has 0 bridgehead atoms. The molecule has 1 fully saturated rings. The fourth-order valence-corrected chi connectivity index (χ4v) is 4.87. The number of thioether (sulfide) groups is 1. The molecule has 28 heavy (non-hydrogen) atoms. The molecule has 1 amide bonds. The van der Waals surface area contributed by atoms with E-state index in [1.807, 2.05) is 41.5 Å². The minimum Gasteiger partial charge on any atom is -0.352 e. The van der Waals surface area contributed by atoms with Gasteiger partial charge < -0.3 is 9.80 Å². The number of hydrogen-bond acceptors (Lipinski definition) is 6. The number of hydrogen-bond donors (Lipinski definition) is 0. The quantitative estimate of drug-likeness (QED) is 0.470. The van der Waals surface area contributed by atoms with E-state index in [1.54, 1.807) is 23.1 Å². The number of fused-ring (bicyclic) bond motifs is 1. The van der Waals surface area contributed by atoms with Gasteiger partial charge in [-0.25, -0.2) is 9.97 Å². The van der Waals surface area contributed by atoms with Crippen molar-refractivity contribution in [3.8, 4) is 0 Å². The van der Waals surface area contributed by atoms with Crippen LogP contribution in [0.15, 0.2) is 41.6 Å². The molecule has 3 aromatic rings. The van der Waals surface area contributed by atoms with Crippen molar-refractivity contribution in [2.45, 2.75) is 24.9 Å². The van der Waals surface area contributed by atoms with Gasteiger partial charge >= 0.3 is 0 Å². The second-order valence-corrected chi connectivity index (χ2v) is 8.74. The van der Waals surface area contributed by atoms with E-state index in [0.717, 1.165) is 59.4 Å². The van der Waals surface area contributed by atoms with Crippen LogP contribution in [0.5, 0.6) is 0 Å². The lowest BCUT2D eigenvalue weighted by Gasteiger charge is -2.35. The Morgan fingerprint density at radius 3 is 2.57 bits per heavy atom. The topological polar surface area (TPSA) is 49.3 Å². The number of benzene rings is 1. The Morgan fingerprint density at radius 2 is 1.89 bits per heavy atom. The van der Waals surface area contributed by atoms with Crippen molar-refractivity contribution >= 4 is 45.0 Å². The Kier molecular flexibility index (Phi) is 5.82. The van der Waals surface area contributed by atoms with Gasteiger partial charge in [-0.2, -0.15) is 0 Å². The maximum absolute atomic E-state index is 12.6. The van der Waals surface area contributed by atoms with Gasteiger partial charge in [-0.05, 0) is 24.3 Å². The van der Waals surface area contributed by atoms with E-state index in [0.29, 0.717) is 6.42 Å². The summed E-state index contributed by atoms with van der Waals surface area (Å²) in [6.07, 6.45) is 3.50. The first-order chi connectivity index (χ1) is 13.7. The highest BCUT2D eigenvalue weighted by molar-refractivity contribution is 7.98. The zero-order chi connectivity index (χ0) is 19.5. The number of carbonyl (C=O) groups excluding carboxylic acids is 1. The Labute approximate surface area is 173 Å². The monoisotopic (exact) mass is 412 g/mol. The van der Waals surface area contributed by atoms with Crippen LogP contribution in [0.2, 0.25) is 0 Å². The van der Waals surface area contributed by atoms with Crippen LogP contribution in [0.25, 0.3) is 10.2 Å². The number of nitrogens with zero attached hydrogens (tertiary/aromatic N) is 4. The van der Waals surface area contributed by atoms with E-state index < -0.39 is 0 Å². The number of rotatable bonds is 5. The number of piperazine rings is 1. The number of anilines is 1. The average molecular weight is 413 g/mol. The zero-order valence-electron chi connectivity index (χ0n) is 16.2. The van der Waals surface area contributed by atoms with Crippen molar-refractivity contribution in [3.63, 3.8) is 0 Å². The smallest absolute Gasteiger partial charge is 0.227 e. The molecule has 1 saturated heterocycles. The number of thiophene rings is 1. The molecule has 4 rings (SSSR count). The molecular formula is C21H24N4OS2. The Morgan fingerprint density at radius 1 is 1.14 bits per heavy atom. The first kappa shape index (κ1) is 19.2. The summed E-state index contributed by atoms with van der Waals surface area (Å²) in [5.41, 5.74) is 1.07. The second-order valence-electron chi connectivity index (χ2n) is 6.85. The molecule has 3 heterocycles. The van der Waals surface area contributed by atoms with Crippen LogP contribution < -0.4 is 4.90 Å². The molecule has 0 spiro atoms. The molecule has 146 valence electrons. The summed E-state index contributed by atoms with van der Waals surface area (Å²) < 4.78 is 0. The van der Waals surface area contributed by atoms with Crippen LogP contribution in [-0.4, -0.2) is 53.2 Å². The minimum atomic E-state index is 0.201. The molecule has 0 saturated carbocycles. The zero-order valence-corrected chi connectivity index (χ0v) is 17.9. The standard InChI is InChI=1S/C21H24N4OS2/c1-3-16-14-17-19(22-21(27-2)23-20(17)28-16)25-11-9-24(10-12-25)18(26)13-15-7-5-4-6-8-15/h4-8,14H,3,9-13H2,1-2H3. The van der Waals surface area contributed by atoms with E-state index in [4.69, 9.17) is 4.98 Å². The van der Waals surface area contributed by atoms with Crippen molar-refractivity contribution in [2.24, 2.45) is 0 Å². The van der Waals surface area contributed by atoms with Crippen molar-refractivity contribution in [1.82, 2.24) is 14.9 Å². The van der Waals surface area contributed by atoms with E-state index in [2.05, 4.69) is 22.9 Å². The predicted octanol–water partition coefficient (Wildman–Crippen LogP) is 3.87. The van der Waals surface area contributed by atoms with Gasteiger partial charge in [-0.3, -0.25) is 4.79 Å². The molecule has 0 N–H and O–H groups in total.